The number of hydrogen-bond acceptors (Lipinski definition) is 2. The number of nitrogens with zero attached hydrogens (tertiary/aromatic N) is 2. The summed E-state index contributed by atoms with van der Waals surface area (Å²) in [6, 6.07) is 7.72. The first-order valence-electron chi connectivity index (χ1n) is 7.86. The van der Waals surface area contributed by atoms with Gasteiger partial charge in [0, 0.05) is 30.8 Å². The third-order valence-electron chi connectivity index (χ3n) is 3.78. The van der Waals surface area contributed by atoms with Crippen LogP contribution in [0.15, 0.2) is 30.5 Å². The minimum absolute atomic E-state index is 0.104. The molecule has 2 heterocycles. The smallest absolute Gasteiger partial charge is 0.319 e. The molecule has 1 aliphatic heterocycles. The van der Waals surface area contributed by atoms with E-state index in [1.165, 1.54) is 12.8 Å². The summed E-state index contributed by atoms with van der Waals surface area (Å²) < 4.78 is 2.23. The minimum atomic E-state index is -0.188. The number of hydrogen-bond donors (Lipinski definition) is 2. The Morgan fingerprint density at radius 2 is 2.09 bits per heavy atom. The molecule has 0 saturated carbocycles. The number of carbonyl (C=O) groups excluding carboxylic acids is 1. The zero-order valence-electron chi connectivity index (χ0n) is 13.1. The van der Waals surface area contributed by atoms with E-state index in [1.807, 2.05) is 38.1 Å². The van der Waals surface area contributed by atoms with Crippen molar-refractivity contribution < 1.29 is 4.79 Å². The molecule has 0 aliphatic carbocycles. The number of fused-ring (bicyclic) bond motifs is 1. The van der Waals surface area contributed by atoms with Crippen LogP contribution in [-0.4, -0.2) is 21.6 Å². The minimum Gasteiger partial charge on any atom is -0.336 e. The predicted molar refractivity (Wildman–Crippen MR) is 87.9 cm³/mol. The average Bonchev–Trinajstić information content (AvgIpc) is 2.90. The fourth-order valence-electron chi connectivity index (χ4n) is 2.78. The second-order valence-corrected chi connectivity index (χ2v) is 5.99. The van der Waals surface area contributed by atoms with Crippen LogP contribution in [-0.2, 0) is 13.0 Å². The SMILES string of the molecule is CC(C)NC(=O)Nc1ccccc1-c1cn2c(n1)CCCC2. The van der Waals surface area contributed by atoms with Crippen molar-refractivity contribution in [1.29, 1.82) is 0 Å². The van der Waals surface area contributed by atoms with E-state index >= 15 is 0 Å². The summed E-state index contributed by atoms with van der Waals surface area (Å²) >= 11 is 0. The van der Waals surface area contributed by atoms with Crippen molar-refractivity contribution in [2.45, 2.75) is 45.7 Å². The van der Waals surface area contributed by atoms with E-state index < -0.39 is 0 Å². The third-order valence-corrected chi connectivity index (χ3v) is 3.78. The highest BCUT2D eigenvalue weighted by molar-refractivity contribution is 5.94. The molecular formula is C17H22N4O. The Morgan fingerprint density at radius 3 is 2.86 bits per heavy atom. The van der Waals surface area contributed by atoms with Gasteiger partial charge in [-0.1, -0.05) is 18.2 Å². The van der Waals surface area contributed by atoms with E-state index in [9.17, 15) is 4.79 Å². The van der Waals surface area contributed by atoms with E-state index in [2.05, 4.69) is 21.4 Å². The first kappa shape index (κ1) is 14.6. The van der Waals surface area contributed by atoms with Crippen LogP contribution in [0.25, 0.3) is 11.3 Å². The van der Waals surface area contributed by atoms with Gasteiger partial charge >= 0.3 is 6.03 Å². The molecule has 0 atom stereocenters. The molecule has 116 valence electrons. The fraction of sp³-hybridized carbons (Fsp3) is 0.412. The van der Waals surface area contributed by atoms with Crippen molar-refractivity contribution in [3.05, 3.63) is 36.3 Å². The molecule has 3 rings (SSSR count). The second-order valence-electron chi connectivity index (χ2n) is 5.99. The number of rotatable bonds is 3. The van der Waals surface area contributed by atoms with Crippen LogP contribution < -0.4 is 10.6 Å². The summed E-state index contributed by atoms with van der Waals surface area (Å²) in [5, 5.41) is 5.76. The zero-order chi connectivity index (χ0) is 15.5. The van der Waals surface area contributed by atoms with Crippen molar-refractivity contribution in [3.63, 3.8) is 0 Å². The maximum Gasteiger partial charge on any atom is 0.319 e. The van der Waals surface area contributed by atoms with Crippen LogP contribution in [0, 0.1) is 0 Å². The summed E-state index contributed by atoms with van der Waals surface area (Å²) in [7, 11) is 0. The van der Waals surface area contributed by atoms with Gasteiger partial charge in [-0.2, -0.15) is 0 Å². The van der Waals surface area contributed by atoms with Gasteiger partial charge in [-0.15, -0.1) is 0 Å². The van der Waals surface area contributed by atoms with Gasteiger partial charge in [-0.3, -0.25) is 0 Å². The lowest BCUT2D eigenvalue weighted by Gasteiger charge is -2.12. The number of nitrogens with one attached hydrogen (secondary N) is 2. The number of aryl methyl sites for hydroxylation is 2. The maximum absolute atomic E-state index is 12.0. The van der Waals surface area contributed by atoms with Gasteiger partial charge in [0.2, 0.25) is 0 Å². The molecule has 2 N–H and O–H groups in total. The highest BCUT2D eigenvalue weighted by Gasteiger charge is 2.16. The Hall–Kier alpha value is -2.30. The number of urea groups is 1. The molecule has 0 fully saturated rings. The van der Waals surface area contributed by atoms with E-state index in [1.54, 1.807) is 0 Å². The fourth-order valence-corrected chi connectivity index (χ4v) is 2.78. The van der Waals surface area contributed by atoms with Crippen molar-refractivity contribution in [2.24, 2.45) is 0 Å². The Labute approximate surface area is 130 Å². The normalized spacial score (nSPS) is 13.8. The van der Waals surface area contributed by atoms with Crippen LogP contribution in [0.2, 0.25) is 0 Å². The van der Waals surface area contributed by atoms with E-state index in [0.717, 1.165) is 35.7 Å². The molecule has 22 heavy (non-hydrogen) atoms. The van der Waals surface area contributed by atoms with Crippen LogP contribution >= 0.6 is 0 Å². The standard InChI is InChI=1S/C17H22N4O/c1-12(2)18-17(22)20-14-8-4-3-7-13(14)15-11-21-10-6-5-9-16(21)19-15/h3-4,7-8,11-12H,5-6,9-10H2,1-2H3,(H2,18,20,22). The lowest BCUT2D eigenvalue weighted by molar-refractivity contribution is 0.250. The maximum atomic E-state index is 12.0. The number of carbonyl (C=O) groups is 1. The molecule has 1 aromatic heterocycles. The quantitative estimate of drug-likeness (QED) is 0.912. The number of benzene rings is 1. The third kappa shape index (κ3) is 3.13. The van der Waals surface area contributed by atoms with Crippen LogP contribution in [0.5, 0.6) is 0 Å². The molecule has 1 aromatic carbocycles. The number of amides is 2. The molecule has 0 saturated heterocycles. The number of anilines is 1. The van der Waals surface area contributed by atoms with E-state index in [0.29, 0.717) is 0 Å². The Kier molecular flexibility index (Phi) is 4.13. The summed E-state index contributed by atoms with van der Waals surface area (Å²) in [5.74, 6) is 1.14. The van der Waals surface area contributed by atoms with Gasteiger partial charge in [-0.05, 0) is 32.8 Å². The van der Waals surface area contributed by atoms with Gasteiger partial charge in [-0.25, -0.2) is 9.78 Å². The lowest BCUT2D eigenvalue weighted by Crippen LogP contribution is -2.34. The van der Waals surface area contributed by atoms with Gasteiger partial charge < -0.3 is 15.2 Å². The summed E-state index contributed by atoms with van der Waals surface area (Å²) in [5.41, 5.74) is 2.68. The largest absolute Gasteiger partial charge is 0.336 e. The number of para-hydroxylation sites is 1. The van der Waals surface area contributed by atoms with Crippen LogP contribution in [0.1, 0.15) is 32.5 Å². The molecule has 0 spiro atoms. The molecule has 1 aliphatic rings. The van der Waals surface area contributed by atoms with Crippen molar-refractivity contribution in [2.75, 3.05) is 5.32 Å². The Balaban J connectivity index is 1.87. The summed E-state index contributed by atoms with van der Waals surface area (Å²) in [6.07, 6.45) is 5.53. The molecule has 0 unspecified atom stereocenters. The molecule has 2 amide bonds. The lowest BCUT2D eigenvalue weighted by atomic mass is 10.1. The van der Waals surface area contributed by atoms with E-state index in [4.69, 9.17) is 4.98 Å². The Bertz CT molecular complexity index is 652. The highest BCUT2D eigenvalue weighted by Crippen LogP contribution is 2.28. The average molecular weight is 298 g/mol. The zero-order valence-corrected chi connectivity index (χ0v) is 13.1. The van der Waals surface area contributed by atoms with Crippen molar-refractivity contribution >= 4 is 11.7 Å². The monoisotopic (exact) mass is 298 g/mol. The summed E-state index contributed by atoms with van der Waals surface area (Å²) in [4.78, 5) is 16.7. The summed E-state index contributed by atoms with van der Waals surface area (Å²) in [6.45, 7) is 4.91. The van der Waals surface area contributed by atoms with Gasteiger partial charge in [0.25, 0.3) is 0 Å². The van der Waals surface area contributed by atoms with Crippen molar-refractivity contribution in [1.82, 2.24) is 14.9 Å². The van der Waals surface area contributed by atoms with Gasteiger partial charge in [0.15, 0.2) is 0 Å². The van der Waals surface area contributed by atoms with E-state index in [-0.39, 0.29) is 12.1 Å². The van der Waals surface area contributed by atoms with Gasteiger partial charge in [0.05, 0.1) is 11.4 Å². The second kappa shape index (κ2) is 6.22. The molecule has 5 heteroatoms. The highest BCUT2D eigenvalue weighted by atomic mass is 16.2. The van der Waals surface area contributed by atoms with Crippen LogP contribution in [0.4, 0.5) is 10.5 Å². The molecular weight excluding hydrogens is 276 g/mol. The van der Waals surface area contributed by atoms with Crippen molar-refractivity contribution in [3.8, 4) is 11.3 Å². The molecule has 2 aromatic rings. The molecule has 0 radical (unpaired) electrons. The molecule has 0 bridgehead atoms. The number of aromatic nitrogens is 2. The first-order valence-corrected chi connectivity index (χ1v) is 7.86. The first-order chi connectivity index (χ1) is 10.6. The molecule has 5 nitrogen and oxygen atoms in total. The van der Waals surface area contributed by atoms with Crippen LogP contribution in [0.3, 0.4) is 0 Å². The predicted octanol–water partition coefficient (Wildman–Crippen LogP) is 3.42. The number of imidazole rings is 1. The topological polar surface area (TPSA) is 59.0 Å². The Morgan fingerprint density at radius 1 is 1.27 bits per heavy atom. The van der Waals surface area contributed by atoms with Gasteiger partial charge in [0.1, 0.15) is 5.82 Å².